The number of hydrogen-bond donors (Lipinski definition) is 1. The highest BCUT2D eigenvalue weighted by Gasteiger charge is 2.30. The van der Waals surface area contributed by atoms with Crippen molar-refractivity contribution in [1.82, 2.24) is 4.90 Å². The first-order valence-electron chi connectivity index (χ1n) is 4.86. The van der Waals surface area contributed by atoms with Gasteiger partial charge in [0.05, 0.1) is 0 Å². The smallest absolute Gasteiger partial charge is 0.227 e. The Balaban J connectivity index is 2.54. The summed E-state index contributed by atoms with van der Waals surface area (Å²) >= 11 is 1.68. The number of thioether (sulfide) groups is 1. The molecule has 0 aromatic rings. The summed E-state index contributed by atoms with van der Waals surface area (Å²) < 4.78 is 0. The predicted molar refractivity (Wildman–Crippen MR) is 57.4 cm³/mol. The van der Waals surface area contributed by atoms with Crippen LogP contribution in [0.2, 0.25) is 0 Å². The van der Waals surface area contributed by atoms with Gasteiger partial charge in [-0.2, -0.15) is 16.9 Å². The van der Waals surface area contributed by atoms with Crippen LogP contribution in [0.3, 0.4) is 0 Å². The number of hydrogen-bond acceptors (Lipinski definition) is 4. The molecular formula is C9H17N3OS. The second-order valence-corrected chi connectivity index (χ2v) is 4.55. The molecule has 1 aliphatic rings. The molecule has 0 spiro atoms. The summed E-state index contributed by atoms with van der Waals surface area (Å²) in [4.78, 5) is 13.6. The van der Waals surface area contributed by atoms with Crippen molar-refractivity contribution < 1.29 is 4.79 Å². The summed E-state index contributed by atoms with van der Waals surface area (Å²) in [5, 5.41) is 3.48. The van der Waals surface area contributed by atoms with E-state index < -0.39 is 0 Å². The lowest BCUT2D eigenvalue weighted by atomic mass is 10.2. The minimum atomic E-state index is -0.188. The molecule has 1 amide bonds. The molecule has 1 heterocycles. The highest BCUT2D eigenvalue weighted by Crippen LogP contribution is 2.21. The Kier molecular flexibility index (Phi) is 4.38. The van der Waals surface area contributed by atoms with Gasteiger partial charge < -0.3 is 4.90 Å². The van der Waals surface area contributed by atoms with E-state index in [0.717, 1.165) is 25.1 Å². The van der Waals surface area contributed by atoms with E-state index in [2.05, 4.69) is 5.11 Å². The van der Waals surface area contributed by atoms with Gasteiger partial charge >= 0.3 is 0 Å². The summed E-state index contributed by atoms with van der Waals surface area (Å²) in [7, 11) is 0. The Morgan fingerprint density at radius 3 is 3.07 bits per heavy atom. The highest BCUT2D eigenvalue weighted by molar-refractivity contribution is 7.98. The van der Waals surface area contributed by atoms with Crippen molar-refractivity contribution in [3.05, 3.63) is 0 Å². The lowest BCUT2D eigenvalue weighted by Crippen LogP contribution is -2.38. The summed E-state index contributed by atoms with van der Waals surface area (Å²) in [6.45, 7) is 2.71. The molecule has 5 heteroatoms. The topological polar surface area (TPSA) is 56.5 Å². The zero-order valence-corrected chi connectivity index (χ0v) is 9.51. The molecule has 0 bridgehead atoms. The third-order valence-electron chi connectivity index (χ3n) is 2.49. The lowest BCUT2D eigenvalue weighted by molar-refractivity contribution is -0.135. The van der Waals surface area contributed by atoms with Crippen LogP contribution in [0, 0.1) is 11.4 Å². The van der Waals surface area contributed by atoms with E-state index in [9.17, 15) is 4.79 Å². The largest absolute Gasteiger partial charge is 0.319 e. The molecule has 1 fully saturated rings. The maximum absolute atomic E-state index is 11.9. The van der Waals surface area contributed by atoms with Gasteiger partial charge in [-0.25, -0.2) is 5.53 Å². The number of carbonyl (C=O) groups is 1. The van der Waals surface area contributed by atoms with Crippen molar-refractivity contribution >= 4 is 17.7 Å². The number of nitrogens with zero attached hydrogens (tertiary/aromatic N) is 2. The molecule has 4 nitrogen and oxygen atoms in total. The van der Waals surface area contributed by atoms with Crippen molar-refractivity contribution in [2.45, 2.75) is 25.9 Å². The van der Waals surface area contributed by atoms with Gasteiger partial charge in [-0.3, -0.25) is 4.79 Å². The van der Waals surface area contributed by atoms with Crippen LogP contribution in [0.1, 0.15) is 19.8 Å². The normalized spacial score (nSPS) is 23.6. The number of rotatable bonds is 4. The van der Waals surface area contributed by atoms with Gasteiger partial charge in [0.2, 0.25) is 5.91 Å². The molecule has 0 saturated carbocycles. The zero-order valence-electron chi connectivity index (χ0n) is 8.69. The molecule has 2 atom stereocenters. The van der Waals surface area contributed by atoms with Gasteiger partial charge in [-0.15, -0.1) is 0 Å². The second-order valence-electron chi connectivity index (χ2n) is 3.64. The average molecular weight is 215 g/mol. The van der Waals surface area contributed by atoms with Crippen LogP contribution < -0.4 is 0 Å². The molecule has 14 heavy (non-hydrogen) atoms. The molecule has 1 N–H and O–H groups in total. The molecule has 80 valence electrons. The third kappa shape index (κ3) is 2.47. The molecule has 1 saturated heterocycles. The Labute approximate surface area is 88.9 Å². The van der Waals surface area contributed by atoms with Gasteiger partial charge in [-0.1, -0.05) is 6.92 Å². The van der Waals surface area contributed by atoms with Gasteiger partial charge in [0.1, 0.15) is 6.17 Å². The molecule has 0 radical (unpaired) electrons. The van der Waals surface area contributed by atoms with E-state index in [1.807, 2.05) is 13.2 Å². The quantitative estimate of drug-likeness (QED) is 0.729. The Bertz CT molecular complexity index is 222. The van der Waals surface area contributed by atoms with Crippen molar-refractivity contribution in [3.8, 4) is 0 Å². The van der Waals surface area contributed by atoms with E-state index in [-0.39, 0.29) is 18.0 Å². The molecule has 0 aliphatic carbocycles. The maximum Gasteiger partial charge on any atom is 0.227 e. The van der Waals surface area contributed by atoms with E-state index in [4.69, 9.17) is 5.53 Å². The van der Waals surface area contributed by atoms with Crippen molar-refractivity contribution in [1.29, 1.82) is 5.53 Å². The number of nitrogens with one attached hydrogen (secondary N) is 1. The second kappa shape index (κ2) is 5.34. The first kappa shape index (κ1) is 11.5. The molecule has 2 unspecified atom stereocenters. The highest BCUT2D eigenvalue weighted by atomic mass is 32.2. The monoisotopic (exact) mass is 215 g/mol. The first-order valence-corrected chi connectivity index (χ1v) is 6.26. The summed E-state index contributed by atoms with van der Waals surface area (Å²) in [5.74, 6) is 1.05. The van der Waals surface area contributed by atoms with Crippen LogP contribution >= 0.6 is 11.8 Å². The van der Waals surface area contributed by atoms with Crippen LogP contribution in [0.25, 0.3) is 0 Å². The molecule has 0 aromatic heterocycles. The Hall–Kier alpha value is -0.580. The SMILES string of the molecule is CSCC(C)C(=O)N1CCCC1N=N. The molecular weight excluding hydrogens is 198 g/mol. The van der Waals surface area contributed by atoms with Crippen LogP contribution in [0.15, 0.2) is 5.11 Å². The van der Waals surface area contributed by atoms with Gasteiger partial charge in [0.15, 0.2) is 0 Å². The van der Waals surface area contributed by atoms with Crippen LogP contribution in [0.4, 0.5) is 0 Å². The van der Waals surface area contributed by atoms with Crippen molar-refractivity contribution in [3.63, 3.8) is 0 Å². The van der Waals surface area contributed by atoms with E-state index in [1.54, 1.807) is 16.7 Å². The molecule has 1 aliphatic heterocycles. The Morgan fingerprint density at radius 1 is 1.79 bits per heavy atom. The molecule has 1 rings (SSSR count). The van der Waals surface area contributed by atoms with Gasteiger partial charge in [-0.05, 0) is 19.1 Å². The number of amides is 1. The van der Waals surface area contributed by atoms with Crippen LogP contribution in [-0.2, 0) is 4.79 Å². The number of likely N-dealkylation sites (tertiary alicyclic amines) is 1. The third-order valence-corrected chi connectivity index (χ3v) is 3.32. The summed E-state index contributed by atoms with van der Waals surface area (Å²) in [5.41, 5.74) is 6.99. The fourth-order valence-corrected chi connectivity index (χ4v) is 2.39. The van der Waals surface area contributed by atoms with E-state index >= 15 is 0 Å². The minimum absolute atomic E-state index is 0.0485. The Morgan fingerprint density at radius 2 is 2.50 bits per heavy atom. The van der Waals surface area contributed by atoms with Crippen LogP contribution in [0.5, 0.6) is 0 Å². The minimum Gasteiger partial charge on any atom is -0.319 e. The van der Waals surface area contributed by atoms with Crippen LogP contribution in [-0.4, -0.2) is 35.5 Å². The first-order chi connectivity index (χ1) is 6.70. The maximum atomic E-state index is 11.9. The fraction of sp³-hybridized carbons (Fsp3) is 0.889. The standard InChI is InChI=1S/C9H17N3OS/c1-7(6-14-2)9(13)12-5-3-4-8(12)11-10/h7-8,10H,3-6H2,1-2H3. The molecule has 0 aromatic carbocycles. The van der Waals surface area contributed by atoms with Gasteiger partial charge in [0, 0.05) is 18.2 Å². The average Bonchev–Trinajstić information content (AvgIpc) is 2.64. The van der Waals surface area contributed by atoms with E-state index in [1.165, 1.54) is 0 Å². The predicted octanol–water partition coefficient (Wildman–Crippen LogP) is 1.96. The summed E-state index contributed by atoms with van der Waals surface area (Å²) in [6.07, 6.45) is 3.64. The van der Waals surface area contributed by atoms with Gasteiger partial charge in [0.25, 0.3) is 0 Å². The summed E-state index contributed by atoms with van der Waals surface area (Å²) in [6, 6.07) is 0. The number of carbonyl (C=O) groups excluding carboxylic acids is 1. The fourth-order valence-electron chi connectivity index (χ4n) is 1.74. The van der Waals surface area contributed by atoms with Crippen molar-refractivity contribution in [2.75, 3.05) is 18.6 Å². The van der Waals surface area contributed by atoms with Crippen molar-refractivity contribution in [2.24, 2.45) is 11.0 Å². The van der Waals surface area contributed by atoms with E-state index in [0.29, 0.717) is 0 Å². The lowest BCUT2D eigenvalue weighted by Gasteiger charge is -2.23. The zero-order chi connectivity index (χ0) is 10.6.